The molecular weight excluding hydrogens is 242 g/mol. The molecule has 3 nitrogen and oxygen atoms in total. The van der Waals surface area contributed by atoms with Crippen molar-refractivity contribution in [2.24, 2.45) is 0 Å². The van der Waals surface area contributed by atoms with Crippen molar-refractivity contribution in [1.29, 1.82) is 0 Å². The molecule has 1 heterocycles. The van der Waals surface area contributed by atoms with Crippen LogP contribution < -0.4 is 0 Å². The monoisotopic (exact) mass is 251 g/mol. The third-order valence-electron chi connectivity index (χ3n) is 2.10. The van der Waals surface area contributed by atoms with Gasteiger partial charge in [0.1, 0.15) is 10.6 Å². The lowest BCUT2D eigenvalue weighted by Crippen LogP contribution is -1.98. The van der Waals surface area contributed by atoms with Crippen LogP contribution in [0.25, 0.3) is 10.4 Å². The summed E-state index contributed by atoms with van der Waals surface area (Å²) in [6.45, 7) is 0. The van der Waals surface area contributed by atoms with Crippen molar-refractivity contribution < 1.29 is 9.90 Å². The first-order valence-electron chi connectivity index (χ1n) is 4.56. The van der Waals surface area contributed by atoms with Gasteiger partial charge in [-0.1, -0.05) is 30.3 Å². The lowest BCUT2D eigenvalue weighted by Gasteiger charge is -1.99. The Morgan fingerprint density at radius 1 is 1.38 bits per heavy atom. The van der Waals surface area contributed by atoms with E-state index in [1.54, 1.807) is 0 Å². The van der Waals surface area contributed by atoms with Crippen molar-refractivity contribution in [2.75, 3.05) is 6.26 Å². The van der Waals surface area contributed by atoms with E-state index in [4.69, 9.17) is 0 Å². The first-order valence-corrected chi connectivity index (χ1v) is 6.56. The third kappa shape index (κ3) is 1.96. The standard InChI is InChI=1S/C11H9NO2S2/c1-15-10-8(11(13)14)9(16-12-10)7-5-3-2-4-6-7/h2-6H,1H3,(H,13,14). The van der Waals surface area contributed by atoms with E-state index >= 15 is 0 Å². The van der Waals surface area contributed by atoms with Crippen LogP contribution in [0.15, 0.2) is 35.4 Å². The topological polar surface area (TPSA) is 50.2 Å². The van der Waals surface area contributed by atoms with Gasteiger partial charge in [-0.2, -0.15) is 4.37 Å². The summed E-state index contributed by atoms with van der Waals surface area (Å²) in [4.78, 5) is 11.9. The highest BCUT2D eigenvalue weighted by molar-refractivity contribution is 7.98. The molecule has 1 aromatic carbocycles. The highest BCUT2D eigenvalue weighted by Gasteiger charge is 2.20. The Kier molecular flexibility index (Phi) is 3.26. The molecule has 0 radical (unpaired) electrons. The Hall–Kier alpha value is -1.33. The Bertz CT molecular complexity index is 508. The summed E-state index contributed by atoms with van der Waals surface area (Å²) in [5, 5.41) is 9.76. The lowest BCUT2D eigenvalue weighted by atomic mass is 10.1. The number of nitrogens with zero attached hydrogens (tertiary/aromatic N) is 1. The molecule has 2 rings (SSSR count). The molecule has 0 aliphatic carbocycles. The first kappa shape index (κ1) is 11.2. The zero-order valence-corrected chi connectivity index (χ0v) is 10.1. The van der Waals surface area contributed by atoms with Gasteiger partial charge in [-0.25, -0.2) is 4.79 Å². The minimum atomic E-state index is -0.919. The van der Waals surface area contributed by atoms with Crippen LogP contribution in [-0.2, 0) is 0 Å². The van der Waals surface area contributed by atoms with E-state index in [0.717, 1.165) is 10.4 Å². The number of hydrogen-bond donors (Lipinski definition) is 1. The zero-order valence-electron chi connectivity index (χ0n) is 8.51. The van der Waals surface area contributed by atoms with Crippen LogP contribution in [0.3, 0.4) is 0 Å². The fraction of sp³-hybridized carbons (Fsp3) is 0.0909. The van der Waals surface area contributed by atoms with Gasteiger partial charge in [-0.05, 0) is 23.4 Å². The number of thioether (sulfide) groups is 1. The molecule has 0 atom stereocenters. The quantitative estimate of drug-likeness (QED) is 0.851. The summed E-state index contributed by atoms with van der Waals surface area (Å²) < 4.78 is 4.16. The molecule has 0 aliphatic rings. The summed E-state index contributed by atoms with van der Waals surface area (Å²) in [5.74, 6) is -0.919. The number of carboxylic acid groups (broad SMARTS) is 1. The SMILES string of the molecule is CSc1nsc(-c2ccccc2)c1C(=O)O. The Labute approximate surface area is 101 Å². The number of aromatic nitrogens is 1. The van der Waals surface area contributed by atoms with Gasteiger partial charge in [0.25, 0.3) is 0 Å². The molecule has 0 saturated carbocycles. The fourth-order valence-corrected chi connectivity index (χ4v) is 3.04. The molecule has 5 heteroatoms. The summed E-state index contributed by atoms with van der Waals surface area (Å²) in [6.07, 6.45) is 1.83. The van der Waals surface area contributed by atoms with Gasteiger partial charge in [-0.3, -0.25) is 0 Å². The van der Waals surface area contributed by atoms with Crippen molar-refractivity contribution in [3.63, 3.8) is 0 Å². The molecule has 0 aliphatic heterocycles. The average molecular weight is 251 g/mol. The van der Waals surface area contributed by atoms with Gasteiger partial charge in [0, 0.05) is 0 Å². The summed E-state index contributed by atoms with van der Waals surface area (Å²) in [6, 6.07) is 9.47. The average Bonchev–Trinajstić information content (AvgIpc) is 2.73. The van der Waals surface area contributed by atoms with E-state index in [-0.39, 0.29) is 0 Å². The molecule has 0 saturated heterocycles. The Balaban J connectivity index is 2.58. The maximum Gasteiger partial charge on any atom is 0.340 e. The molecule has 0 bridgehead atoms. The Morgan fingerprint density at radius 3 is 2.62 bits per heavy atom. The van der Waals surface area contributed by atoms with Crippen LogP contribution in [-0.4, -0.2) is 21.7 Å². The number of benzene rings is 1. The lowest BCUT2D eigenvalue weighted by molar-refractivity contribution is 0.0694. The van der Waals surface area contributed by atoms with Crippen LogP contribution in [0.5, 0.6) is 0 Å². The van der Waals surface area contributed by atoms with Crippen molar-refractivity contribution in [2.45, 2.75) is 5.03 Å². The smallest absolute Gasteiger partial charge is 0.340 e. The van der Waals surface area contributed by atoms with Crippen molar-refractivity contribution in [3.8, 4) is 10.4 Å². The normalized spacial score (nSPS) is 10.3. The van der Waals surface area contributed by atoms with Crippen LogP contribution in [0, 0.1) is 0 Å². The molecule has 1 N–H and O–H groups in total. The molecule has 0 unspecified atom stereocenters. The zero-order chi connectivity index (χ0) is 11.5. The molecule has 82 valence electrons. The number of rotatable bonds is 3. The molecule has 2 aromatic rings. The molecule has 0 spiro atoms. The first-order chi connectivity index (χ1) is 7.74. The van der Waals surface area contributed by atoms with E-state index in [1.165, 1.54) is 23.3 Å². The van der Waals surface area contributed by atoms with Gasteiger partial charge >= 0.3 is 5.97 Å². The Morgan fingerprint density at radius 2 is 2.06 bits per heavy atom. The number of carbonyl (C=O) groups is 1. The molecule has 0 fully saturated rings. The summed E-state index contributed by atoms with van der Waals surface area (Å²) in [5.41, 5.74) is 1.21. The second kappa shape index (κ2) is 4.67. The van der Waals surface area contributed by atoms with E-state index in [0.29, 0.717) is 10.6 Å². The molecule has 1 aromatic heterocycles. The van der Waals surface area contributed by atoms with Gasteiger partial charge < -0.3 is 5.11 Å². The van der Waals surface area contributed by atoms with E-state index < -0.39 is 5.97 Å². The van der Waals surface area contributed by atoms with Crippen LogP contribution >= 0.6 is 23.3 Å². The van der Waals surface area contributed by atoms with E-state index in [1.807, 2.05) is 36.6 Å². The van der Waals surface area contributed by atoms with Crippen molar-refractivity contribution >= 4 is 29.3 Å². The number of carboxylic acids is 1. The molecule has 0 amide bonds. The predicted octanol–water partition coefficient (Wildman–Crippen LogP) is 3.23. The van der Waals surface area contributed by atoms with Crippen molar-refractivity contribution in [3.05, 3.63) is 35.9 Å². The maximum atomic E-state index is 11.2. The van der Waals surface area contributed by atoms with Crippen LogP contribution in [0.4, 0.5) is 0 Å². The van der Waals surface area contributed by atoms with E-state index in [9.17, 15) is 9.90 Å². The van der Waals surface area contributed by atoms with Gasteiger partial charge in [0.15, 0.2) is 0 Å². The predicted molar refractivity (Wildman–Crippen MR) is 66.3 cm³/mol. The van der Waals surface area contributed by atoms with E-state index in [2.05, 4.69) is 4.37 Å². The van der Waals surface area contributed by atoms with Gasteiger partial charge in [0.2, 0.25) is 0 Å². The van der Waals surface area contributed by atoms with Crippen LogP contribution in [0.1, 0.15) is 10.4 Å². The maximum absolute atomic E-state index is 11.2. The molecule has 16 heavy (non-hydrogen) atoms. The summed E-state index contributed by atoms with van der Waals surface area (Å²) >= 11 is 2.59. The minimum absolute atomic E-state index is 0.309. The fourth-order valence-electron chi connectivity index (χ4n) is 1.39. The second-order valence-corrected chi connectivity index (χ2v) is 4.64. The van der Waals surface area contributed by atoms with Gasteiger partial charge in [0.05, 0.1) is 4.88 Å². The summed E-state index contributed by atoms with van der Waals surface area (Å²) in [7, 11) is 0. The van der Waals surface area contributed by atoms with Crippen molar-refractivity contribution in [1.82, 2.24) is 4.37 Å². The number of hydrogen-bond acceptors (Lipinski definition) is 4. The molecular formula is C11H9NO2S2. The number of aromatic carboxylic acids is 1. The van der Waals surface area contributed by atoms with Crippen LogP contribution in [0.2, 0.25) is 0 Å². The second-order valence-electron chi connectivity index (χ2n) is 3.07. The highest BCUT2D eigenvalue weighted by Crippen LogP contribution is 2.34. The van der Waals surface area contributed by atoms with Gasteiger partial charge in [-0.15, -0.1) is 11.8 Å². The minimum Gasteiger partial charge on any atom is -0.478 e. The third-order valence-corrected chi connectivity index (χ3v) is 3.80. The highest BCUT2D eigenvalue weighted by atomic mass is 32.2. The largest absolute Gasteiger partial charge is 0.478 e.